The molecule has 2 rings (SSSR count). The molecule has 0 radical (unpaired) electrons. The Kier molecular flexibility index (Phi) is 5.02. The average Bonchev–Trinajstić information content (AvgIpc) is 2.54. The minimum absolute atomic E-state index is 0.00320. The Morgan fingerprint density at radius 3 is 2.65 bits per heavy atom. The second-order valence-electron chi connectivity index (χ2n) is 6.45. The molecule has 0 aliphatic carbocycles. The fraction of sp³-hybridized carbons (Fsp3) is 0.867. The third kappa shape index (κ3) is 3.51. The molecule has 2 saturated heterocycles. The van der Waals surface area contributed by atoms with E-state index in [1.54, 1.807) is 0 Å². The van der Waals surface area contributed by atoms with E-state index in [2.05, 4.69) is 17.3 Å². The summed E-state index contributed by atoms with van der Waals surface area (Å²) in [6.07, 6.45) is 4.05. The first-order chi connectivity index (χ1) is 9.49. The van der Waals surface area contributed by atoms with Gasteiger partial charge >= 0.3 is 0 Å². The van der Waals surface area contributed by atoms with E-state index in [4.69, 9.17) is 0 Å². The number of carbonyl (C=O) groups excluding carboxylic acids is 2. The van der Waals surface area contributed by atoms with E-state index in [9.17, 15) is 9.59 Å². The molecular weight excluding hydrogens is 254 g/mol. The molecule has 0 aromatic rings. The van der Waals surface area contributed by atoms with Gasteiger partial charge in [-0.1, -0.05) is 20.3 Å². The van der Waals surface area contributed by atoms with Gasteiger partial charge in [0.15, 0.2) is 0 Å². The van der Waals surface area contributed by atoms with Crippen LogP contribution in [0.1, 0.15) is 39.5 Å². The lowest BCUT2D eigenvalue weighted by molar-refractivity contribution is -0.135. The summed E-state index contributed by atoms with van der Waals surface area (Å²) in [5.74, 6) is 0.220. The molecule has 2 aliphatic rings. The maximum atomic E-state index is 12.6. The normalized spacial score (nSPS) is 29.5. The van der Waals surface area contributed by atoms with E-state index in [0.717, 1.165) is 19.5 Å². The predicted octanol–water partition coefficient (Wildman–Crippen LogP) is 0.844. The molecule has 0 bridgehead atoms. The maximum absolute atomic E-state index is 12.6. The Hall–Kier alpha value is -1.10. The van der Waals surface area contributed by atoms with Crippen LogP contribution in [-0.2, 0) is 9.59 Å². The van der Waals surface area contributed by atoms with E-state index in [1.165, 1.54) is 12.8 Å². The Morgan fingerprint density at radius 1 is 1.25 bits per heavy atom. The van der Waals surface area contributed by atoms with Gasteiger partial charge in [-0.3, -0.25) is 9.59 Å². The van der Waals surface area contributed by atoms with Crippen molar-refractivity contribution in [2.75, 3.05) is 26.7 Å². The van der Waals surface area contributed by atoms with Gasteiger partial charge in [0.2, 0.25) is 11.8 Å². The number of likely N-dealkylation sites (N-methyl/N-ethyl adjacent to an activating group) is 1. The van der Waals surface area contributed by atoms with Crippen molar-refractivity contribution in [2.45, 2.75) is 51.6 Å². The first kappa shape index (κ1) is 15.3. The minimum atomic E-state index is -0.362. The molecule has 1 N–H and O–H groups in total. The van der Waals surface area contributed by atoms with Gasteiger partial charge < -0.3 is 15.1 Å². The molecule has 0 aromatic carbocycles. The Bertz CT molecular complexity index is 370. The monoisotopic (exact) mass is 281 g/mol. The van der Waals surface area contributed by atoms with Crippen molar-refractivity contribution in [2.24, 2.45) is 5.92 Å². The van der Waals surface area contributed by atoms with Gasteiger partial charge in [-0.2, -0.15) is 0 Å². The summed E-state index contributed by atoms with van der Waals surface area (Å²) >= 11 is 0. The largest absolute Gasteiger partial charge is 0.344 e. The summed E-state index contributed by atoms with van der Waals surface area (Å²) in [5.41, 5.74) is 0. The summed E-state index contributed by atoms with van der Waals surface area (Å²) < 4.78 is 0. The van der Waals surface area contributed by atoms with E-state index < -0.39 is 0 Å². The van der Waals surface area contributed by atoms with Crippen molar-refractivity contribution in [1.82, 2.24) is 15.1 Å². The zero-order chi connectivity index (χ0) is 14.7. The summed E-state index contributed by atoms with van der Waals surface area (Å²) in [6, 6.07) is 0.0765. The Balaban J connectivity index is 2.05. The first-order valence-corrected chi connectivity index (χ1v) is 7.77. The van der Waals surface area contributed by atoms with Crippen LogP contribution in [0.4, 0.5) is 0 Å². The number of carbonyl (C=O) groups is 2. The number of nitrogens with zero attached hydrogens (tertiary/aromatic N) is 2. The molecule has 5 heteroatoms. The highest BCUT2D eigenvalue weighted by Gasteiger charge is 2.33. The predicted molar refractivity (Wildman–Crippen MR) is 78.2 cm³/mol. The van der Waals surface area contributed by atoms with Gasteiger partial charge in [-0.05, 0) is 32.4 Å². The zero-order valence-electron chi connectivity index (χ0n) is 12.9. The van der Waals surface area contributed by atoms with Gasteiger partial charge in [0.1, 0.15) is 6.04 Å². The third-order valence-corrected chi connectivity index (χ3v) is 4.52. The van der Waals surface area contributed by atoms with Gasteiger partial charge in [0.05, 0.1) is 0 Å². The lowest BCUT2D eigenvalue weighted by Gasteiger charge is -2.36. The van der Waals surface area contributed by atoms with Gasteiger partial charge in [0, 0.05) is 25.6 Å². The molecular formula is C15H27N3O2. The van der Waals surface area contributed by atoms with Crippen molar-refractivity contribution in [3.8, 4) is 0 Å². The highest BCUT2D eigenvalue weighted by molar-refractivity contribution is 5.90. The number of rotatable bonds is 3. The van der Waals surface area contributed by atoms with Crippen LogP contribution < -0.4 is 5.32 Å². The number of hydrogen-bond donors (Lipinski definition) is 1. The summed E-state index contributed by atoms with van der Waals surface area (Å²) in [4.78, 5) is 28.6. The number of likely N-dealkylation sites (tertiary alicyclic amines) is 1. The molecule has 0 saturated carbocycles. The molecule has 5 nitrogen and oxygen atoms in total. The zero-order valence-corrected chi connectivity index (χ0v) is 12.9. The smallest absolute Gasteiger partial charge is 0.245 e. The molecule has 114 valence electrons. The van der Waals surface area contributed by atoms with Gasteiger partial charge in [-0.15, -0.1) is 0 Å². The van der Waals surface area contributed by atoms with Crippen molar-refractivity contribution < 1.29 is 9.59 Å². The van der Waals surface area contributed by atoms with E-state index in [0.29, 0.717) is 19.0 Å². The minimum Gasteiger partial charge on any atom is -0.344 e. The van der Waals surface area contributed by atoms with Crippen molar-refractivity contribution in [3.05, 3.63) is 0 Å². The SMILES string of the molecule is CC(C)C1NC(=O)CCN(CC2CCCCN2C)C1=O. The Labute approximate surface area is 121 Å². The van der Waals surface area contributed by atoms with Crippen LogP contribution >= 0.6 is 0 Å². The van der Waals surface area contributed by atoms with Crippen molar-refractivity contribution in [1.29, 1.82) is 0 Å². The number of hydrogen-bond acceptors (Lipinski definition) is 3. The van der Waals surface area contributed by atoms with Crippen LogP contribution in [-0.4, -0.2) is 60.4 Å². The van der Waals surface area contributed by atoms with Crippen LogP contribution in [0.15, 0.2) is 0 Å². The first-order valence-electron chi connectivity index (χ1n) is 7.77. The number of piperidine rings is 1. The molecule has 2 amide bonds. The van der Waals surface area contributed by atoms with E-state index >= 15 is 0 Å². The second kappa shape index (κ2) is 6.57. The van der Waals surface area contributed by atoms with Crippen LogP contribution in [0.5, 0.6) is 0 Å². The molecule has 2 unspecified atom stereocenters. The van der Waals surface area contributed by atoms with Gasteiger partial charge in [0.25, 0.3) is 0 Å². The molecule has 20 heavy (non-hydrogen) atoms. The van der Waals surface area contributed by atoms with Crippen LogP contribution in [0, 0.1) is 5.92 Å². The van der Waals surface area contributed by atoms with Crippen LogP contribution in [0.3, 0.4) is 0 Å². The topological polar surface area (TPSA) is 52.7 Å². The van der Waals surface area contributed by atoms with Crippen LogP contribution in [0.25, 0.3) is 0 Å². The molecule has 2 fully saturated rings. The molecule has 2 atom stereocenters. The Morgan fingerprint density at radius 2 is 2.00 bits per heavy atom. The highest BCUT2D eigenvalue weighted by atomic mass is 16.2. The fourth-order valence-corrected chi connectivity index (χ4v) is 3.11. The van der Waals surface area contributed by atoms with Gasteiger partial charge in [-0.25, -0.2) is 0 Å². The lowest BCUT2D eigenvalue weighted by atomic mass is 10.0. The third-order valence-electron chi connectivity index (χ3n) is 4.52. The standard InChI is InChI=1S/C15H27N3O2/c1-11(2)14-15(20)18(9-7-13(19)16-14)10-12-6-4-5-8-17(12)3/h11-12,14H,4-10H2,1-3H3,(H,16,19). The average molecular weight is 281 g/mol. The molecule has 0 aromatic heterocycles. The number of amides is 2. The summed E-state index contributed by atoms with van der Waals surface area (Å²) in [7, 11) is 2.13. The van der Waals surface area contributed by atoms with E-state index in [1.807, 2.05) is 18.7 Å². The lowest BCUT2D eigenvalue weighted by Crippen LogP contribution is -2.52. The molecule has 2 aliphatic heterocycles. The quantitative estimate of drug-likeness (QED) is 0.834. The molecule has 0 spiro atoms. The van der Waals surface area contributed by atoms with Crippen LogP contribution in [0.2, 0.25) is 0 Å². The summed E-state index contributed by atoms with van der Waals surface area (Å²) in [5, 5.41) is 2.86. The highest BCUT2D eigenvalue weighted by Crippen LogP contribution is 2.18. The fourth-order valence-electron chi connectivity index (χ4n) is 3.11. The van der Waals surface area contributed by atoms with Crippen molar-refractivity contribution in [3.63, 3.8) is 0 Å². The maximum Gasteiger partial charge on any atom is 0.245 e. The van der Waals surface area contributed by atoms with Crippen molar-refractivity contribution >= 4 is 11.8 Å². The van der Waals surface area contributed by atoms with E-state index in [-0.39, 0.29) is 23.8 Å². The summed E-state index contributed by atoms with van der Waals surface area (Å²) in [6.45, 7) is 6.39. The second-order valence-corrected chi connectivity index (χ2v) is 6.45. The number of nitrogens with one attached hydrogen (secondary N) is 1. The molecule has 2 heterocycles.